The Kier molecular flexibility index (Phi) is 6.08. The average molecular weight is 404 g/mol. The Morgan fingerprint density at radius 1 is 1.11 bits per heavy atom. The molecule has 8 heteroatoms. The Morgan fingerprint density at radius 3 is 2.43 bits per heavy atom. The predicted octanol–water partition coefficient (Wildman–Crippen LogP) is 2.43. The van der Waals surface area contributed by atoms with Crippen LogP contribution in [0, 0.1) is 0 Å². The lowest BCUT2D eigenvalue weighted by Gasteiger charge is -2.26. The molecule has 28 heavy (non-hydrogen) atoms. The fourth-order valence-corrected chi connectivity index (χ4v) is 4.10. The van der Waals surface area contributed by atoms with Crippen LogP contribution in [0.1, 0.15) is 24.2 Å². The van der Waals surface area contributed by atoms with Crippen molar-refractivity contribution in [1.82, 2.24) is 5.32 Å². The number of hydrogen-bond donors (Lipinski definition) is 1. The summed E-state index contributed by atoms with van der Waals surface area (Å²) in [6.07, 6.45) is -0.275. The van der Waals surface area contributed by atoms with Gasteiger partial charge in [0.15, 0.2) is 11.5 Å². The number of ether oxygens (including phenoxy) is 2. The molecule has 0 saturated carbocycles. The number of amides is 1. The molecule has 1 unspecified atom stereocenters. The van der Waals surface area contributed by atoms with Crippen LogP contribution in [0.4, 0.5) is 5.69 Å². The average Bonchev–Trinajstić information content (AvgIpc) is 2.72. The number of hydrogen-bond acceptors (Lipinski definition) is 5. The molecule has 0 fully saturated rings. The van der Waals surface area contributed by atoms with Gasteiger partial charge in [0.05, 0.1) is 18.0 Å². The van der Waals surface area contributed by atoms with E-state index in [2.05, 4.69) is 5.32 Å². The van der Waals surface area contributed by atoms with E-state index >= 15 is 0 Å². The van der Waals surface area contributed by atoms with Gasteiger partial charge in [-0.15, -0.1) is 0 Å². The van der Waals surface area contributed by atoms with Crippen molar-refractivity contribution in [2.45, 2.75) is 20.0 Å². The van der Waals surface area contributed by atoms with Gasteiger partial charge in [-0.2, -0.15) is 0 Å². The Balaban J connectivity index is 1.60. The van der Waals surface area contributed by atoms with E-state index < -0.39 is 10.0 Å². The standard InChI is InChI=1S/C20H24N2O5S/c1-3-22(28(24,25)4-2)16-11-9-15(10-12-16)20(23)21-13-17-14-26-18-7-5-6-8-19(18)27-17/h5-12,17H,3-4,13-14H2,1-2H3,(H,21,23). The zero-order valence-electron chi connectivity index (χ0n) is 15.9. The molecule has 2 aromatic carbocycles. The summed E-state index contributed by atoms with van der Waals surface area (Å²) in [4.78, 5) is 12.4. The molecule has 0 bridgehead atoms. The fourth-order valence-electron chi connectivity index (χ4n) is 2.95. The van der Waals surface area contributed by atoms with Crippen molar-refractivity contribution in [2.75, 3.05) is 29.8 Å². The van der Waals surface area contributed by atoms with Crippen molar-refractivity contribution in [1.29, 1.82) is 0 Å². The molecule has 1 aliphatic rings. The van der Waals surface area contributed by atoms with Gasteiger partial charge in [0.1, 0.15) is 12.7 Å². The van der Waals surface area contributed by atoms with E-state index in [1.807, 2.05) is 24.3 Å². The van der Waals surface area contributed by atoms with E-state index in [0.717, 1.165) is 0 Å². The summed E-state index contributed by atoms with van der Waals surface area (Å²) in [7, 11) is -3.34. The number of nitrogens with one attached hydrogen (secondary N) is 1. The van der Waals surface area contributed by atoms with Crippen LogP contribution in [0.2, 0.25) is 0 Å². The zero-order valence-corrected chi connectivity index (χ0v) is 16.7. The van der Waals surface area contributed by atoms with Crippen molar-refractivity contribution >= 4 is 21.6 Å². The van der Waals surface area contributed by atoms with Crippen LogP contribution in [-0.2, 0) is 10.0 Å². The Morgan fingerprint density at radius 2 is 1.79 bits per heavy atom. The topological polar surface area (TPSA) is 84.9 Å². The monoisotopic (exact) mass is 404 g/mol. The minimum atomic E-state index is -3.34. The summed E-state index contributed by atoms with van der Waals surface area (Å²) in [6.45, 7) is 4.38. The Hall–Kier alpha value is -2.74. The molecule has 0 spiro atoms. The van der Waals surface area contributed by atoms with E-state index in [-0.39, 0.29) is 17.8 Å². The first-order valence-electron chi connectivity index (χ1n) is 9.21. The summed E-state index contributed by atoms with van der Waals surface area (Å²) >= 11 is 0. The molecular weight excluding hydrogens is 380 g/mol. The number of anilines is 1. The number of carbonyl (C=O) groups excluding carboxylic acids is 1. The number of para-hydroxylation sites is 2. The molecule has 0 radical (unpaired) electrons. The van der Waals surface area contributed by atoms with E-state index in [1.54, 1.807) is 38.1 Å². The minimum Gasteiger partial charge on any atom is -0.486 e. The summed E-state index contributed by atoms with van der Waals surface area (Å²) in [5.41, 5.74) is 0.993. The molecule has 1 N–H and O–H groups in total. The van der Waals surface area contributed by atoms with Crippen molar-refractivity contribution in [3.05, 3.63) is 54.1 Å². The number of nitrogens with zero attached hydrogens (tertiary/aromatic N) is 1. The lowest BCUT2D eigenvalue weighted by Crippen LogP contribution is -2.40. The van der Waals surface area contributed by atoms with Gasteiger partial charge < -0.3 is 14.8 Å². The number of fused-ring (bicyclic) bond motifs is 1. The van der Waals surface area contributed by atoms with E-state index in [0.29, 0.717) is 42.4 Å². The van der Waals surface area contributed by atoms with E-state index in [9.17, 15) is 13.2 Å². The molecule has 0 aliphatic carbocycles. The van der Waals surface area contributed by atoms with Crippen LogP contribution >= 0.6 is 0 Å². The third kappa shape index (κ3) is 4.39. The maximum Gasteiger partial charge on any atom is 0.251 e. The molecule has 2 aromatic rings. The minimum absolute atomic E-state index is 0.0235. The van der Waals surface area contributed by atoms with Crippen LogP contribution in [0.5, 0.6) is 11.5 Å². The van der Waals surface area contributed by atoms with E-state index in [1.165, 1.54) is 4.31 Å². The molecule has 1 heterocycles. The highest BCUT2D eigenvalue weighted by atomic mass is 32.2. The Labute approximate surface area is 165 Å². The third-order valence-corrected chi connectivity index (χ3v) is 6.33. The molecule has 150 valence electrons. The predicted molar refractivity (Wildman–Crippen MR) is 108 cm³/mol. The van der Waals surface area contributed by atoms with Gasteiger partial charge in [0.25, 0.3) is 5.91 Å². The normalized spacial score (nSPS) is 15.7. The molecular formula is C20H24N2O5S. The second-order valence-corrected chi connectivity index (χ2v) is 8.50. The second-order valence-electron chi connectivity index (χ2n) is 6.32. The van der Waals surface area contributed by atoms with Crippen LogP contribution in [-0.4, -0.2) is 45.9 Å². The van der Waals surface area contributed by atoms with Crippen LogP contribution in [0.15, 0.2) is 48.5 Å². The summed E-state index contributed by atoms with van der Waals surface area (Å²) in [5, 5.41) is 2.83. The lowest BCUT2D eigenvalue weighted by atomic mass is 10.2. The second kappa shape index (κ2) is 8.52. The molecule has 0 aromatic heterocycles. The molecule has 3 rings (SSSR count). The molecule has 1 aliphatic heterocycles. The maximum atomic E-state index is 12.4. The zero-order chi connectivity index (χ0) is 20.1. The van der Waals surface area contributed by atoms with Gasteiger partial charge in [-0.3, -0.25) is 9.10 Å². The van der Waals surface area contributed by atoms with Crippen molar-refractivity contribution in [3.8, 4) is 11.5 Å². The Bertz CT molecular complexity index is 928. The number of carbonyl (C=O) groups is 1. The van der Waals surface area contributed by atoms with Crippen molar-refractivity contribution < 1.29 is 22.7 Å². The molecule has 1 amide bonds. The number of benzene rings is 2. The van der Waals surface area contributed by atoms with Gasteiger partial charge >= 0.3 is 0 Å². The van der Waals surface area contributed by atoms with Gasteiger partial charge in [-0.25, -0.2) is 8.42 Å². The lowest BCUT2D eigenvalue weighted by molar-refractivity contribution is 0.0789. The van der Waals surface area contributed by atoms with Gasteiger partial charge in [-0.1, -0.05) is 12.1 Å². The first kappa shape index (κ1) is 20.0. The highest BCUT2D eigenvalue weighted by molar-refractivity contribution is 7.92. The van der Waals surface area contributed by atoms with Crippen LogP contribution in [0.25, 0.3) is 0 Å². The fraction of sp³-hybridized carbons (Fsp3) is 0.350. The van der Waals surface area contributed by atoms with Gasteiger partial charge in [0, 0.05) is 12.1 Å². The summed E-state index contributed by atoms with van der Waals surface area (Å²) in [6, 6.07) is 13.9. The van der Waals surface area contributed by atoms with Crippen LogP contribution < -0.4 is 19.1 Å². The number of sulfonamides is 1. The quantitative estimate of drug-likeness (QED) is 0.766. The van der Waals surface area contributed by atoms with Crippen molar-refractivity contribution in [2.24, 2.45) is 0 Å². The van der Waals surface area contributed by atoms with Gasteiger partial charge in [-0.05, 0) is 50.2 Å². The smallest absolute Gasteiger partial charge is 0.251 e. The molecule has 7 nitrogen and oxygen atoms in total. The third-order valence-electron chi connectivity index (χ3n) is 4.46. The maximum absolute atomic E-state index is 12.4. The highest BCUT2D eigenvalue weighted by Crippen LogP contribution is 2.30. The van der Waals surface area contributed by atoms with E-state index in [4.69, 9.17) is 9.47 Å². The molecule has 1 atom stereocenters. The SMILES string of the molecule is CCN(c1ccc(C(=O)NCC2COc3ccccc3O2)cc1)S(=O)(=O)CC. The van der Waals surface area contributed by atoms with Gasteiger partial charge in [0.2, 0.25) is 10.0 Å². The number of rotatable bonds is 7. The van der Waals surface area contributed by atoms with Crippen molar-refractivity contribution in [3.63, 3.8) is 0 Å². The van der Waals surface area contributed by atoms with Crippen LogP contribution in [0.3, 0.4) is 0 Å². The summed E-state index contributed by atoms with van der Waals surface area (Å²) in [5.74, 6) is 1.13. The first-order valence-corrected chi connectivity index (χ1v) is 10.8. The largest absolute Gasteiger partial charge is 0.486 e. The molecule has 0 saturated heterocycles. The summed E-state index contributed by atoms with van der Waals surface area (Å²) < 4.78 is 37.1. The highest BCUT2D eigenvalue weighted by Gasteiger charge is 2.22. The first-order chi connectivity index (χ1) is 13.4.